The van der Waals surface area contributed by atoms with Gasteiger partial charge in [-0.3, -0.25) is 0 Å². The van der Waals surface area contributed by atoms with Gasteiger partial charge in [0, 0.05) is 12.7 Å². The molecule has 0 amide bonds. The number of hydrogen-bond acceptors (Lipinski definition) is 4. The van der Waals surface area contributed by atoms with Gasteiger partial charge in [-0.2, -0.15) is 0 Å². The van der Waals surface area contributed by atoms with E-state index in [1.54, 1.807) is 0 Å². The van der Waals surface area contributed by atoms with Crippen molar-refractivity contribution in [2.24, 2.45) is 5.92 Å². The van der Waals surface area contributed by atoms with Crippen LogP contribution in [-0.2, 0) is 10.0 Å². The lowest BCUT2D eigenvalue weighted by Gasteiger charge is -2.11. The molecule has 0 aromatic carbocycles. The molecule has 1 aromatic heterocycles. The van der Waals surface area contributed by atoms with E-state index in [1.807, 2.05) is 13.8 Å². The summed E-state index contributed by atoms with van der Waals surface area (Å²) in [5, 5.41) is 0.136. The molecule has 1 aromatic rings. The fourth-order valence-electron chi connectivity index (χ4n) is 1.06. The van der Waals surface area contributed by atoms with Crippen molar-refractivity contribution in [2.45, 2.75) is 25.2 Å². The first kappa shape index (κ1) is 14.2. The molecular weight excluding hydrogens is 262 g/mol. The van der Waals surface area contributed by atoms with E-state index in [4.69, 9.17) is 17.3 Å². The quantitative estimate of drug-likeness (QED) is 0.857. The largest absolute Gasteiger partial charge is 0.382 e. The van der Waals surface area contributed by atoms with Gasteiger partial charge in [0.2, 0.25) is 10.0 Å². The lowest BCUT2D eigenvalue weighted by atomic mass is 10.1. The fourth-order valence-corrected chi connectivity index (χ4v) is 2.42. The van der Waals surface area contributed by atoms with Crippen LogP contribution < -0.4 is 10.5 Å². The van der Waals surface area contributed by atoms with Gasteiger partial charge in [-0.1, -0.05) is 31.9 Å². The van der Waals surface area contributed by atoms with Crippen LogP contribution in [0.15, 0.2) is 17.2 Å². The van der Waals surface area contributed by atoms with Gasteiger partial charge in [-0.15, -0.1) is 0 Å². The number of pyridine rings is 1. The maximum Gasteiger partial charge on any atom is 0.242 e. The minimum absolute atomic E-state index is 0.0278. The Kier molecular flexibility index (Phi) is 4.73. The molecule has 0 aliphatic heterocycles. The van der Waals surface area contributed by atoms with Gasteiger partial charge in [0.15, 0.2) is 0 Å². The summed E-state index contributed by atoms with van der Waals surface area (Å²) in [5.74, 6) is 0.398. The summed E-state index contributed by atoms with van der Waals surface area (Å²) in [5.41, 5.74) is 5.42. The molecule has 0 saturated carbocycles. The number of nitrogens with zero attached hydrogens (tertiary/aromatic N) is 1. The van der Waals surface area contributed by atoms with Crippen LogP contribution in [0.25, 0.3) is 0 Å². The number of nitrogen functional groups attached to an aromatic ring is 1. The highest BCUT2D eigenvalue weighted by atomic mass is 35.5. The molecule has 96 valence electrons. The van der Waals surface area contributed by atoms with Crippen molar-refractivity contribution in [3.8, 4) is 0 Å². The second-order valence-corrected chi connectivity index (χ2v) is 6.08. The first-order chi connectivity index (χ1) is 7.86. The molecule has 5 nitrogen and oxygen atoms in total. The van der Waals surface area contributed by atoms with Crippen LogP contribution in [0.3, 0.4) is 0 Å². The van der Waals surface area contributed by atoms with Crippen molar-refractivity contribution < 1.29 is 8.42 Å². The summed E-state index contributed by atoms with van der Waals surface area (Å²) in [7, 11) is -3.56. The standard InChI is InChI=1S/C10H16ClN3O2S/c1-3-7(2)5-14-17(15,16)8-4-9(11)10(12)13-6-8/h4,6-7,14H,3,5H2,1-2H3,(H2,12,13). The summed E-state index contributed by atoms with van der Waals surface area (Å²) < 4.78 is 26.2. The number of anilines is 1. The van der Waals surface area contributed by atoms with Crippen LogP contribution in [0.2, 0.25) is 5.02 Å². The van der Waals surface area contributed by atoms with E-state index in [1.165, 1.54) is 12.3 Å². The van der Waals surface area contributed by atoms with Crippen LogP contribution in [0.4, 0.5) is 5.82 Å². The molecule has 0 radical (unpaired) electrons. The first-order valence-electron chi connectivity index (χ1n) is 5.27. The maximum absolute atomic E-state index is 11.9. The van der Waals surface area contributed by atoms with E-state index < -0.39 is 10.0 Å². The summed E-state index contributed by atoms with van der Waals surface area (Å²) >= 11 is 5.73. The molecule has 1 atom stereocenters. The number of nitrogens with one attached hydrogen (secondary N) is 1. The highest BCUT2D eigenvalue weighted by Crippen LogP contribution is 2.19. The molecule has 17 heavy (non-hydrogen) atoms. The van der Waals surface area contributed by atoms with Crippen molar-refractivity contribution in [2.75, 3.05) is 12.3 Å². The molecule has 0 bridgehead atoms. The second-order valence-electron chi connectivity index (χ2n) is 3.90. The zero-order valence-electron chi connectivity index (χ0n) is 9.77. The smallest absolute Gasteiger partial charge is 0.242 e. The fraction of sp³-hybridized carbons (Fsp3) is 0.500. The van der Waals surface area contributed by atoms with Crippen LogP contribution in [0.5, 0.6) is 0 Å². The predicted octanol–water partition coefficient (Wildman–Crippen LogP) is 1.64. The highest BCUT2D eigenvalue weighted by Gasteiger charge is 2.16. The van der Waals surface area contributed by atoms with E-state index in [-0.39, 0.29) is 21.7 Å². The van der Waals surface area contributed by atoms with Crippen LogP contribution in [0.1, 0.15) is 20.3 Å². The average molecular weight is 278 g/mol. The minimum atomic E-state index is -3.56. The number of aromatic nitrogens is 1. The van der Waals surface area contributed by atoms with Crippen molar-refractivity contribution in [3.05, 3.63) is 17.3 Å². The zero-order valence-corrected chi connectivity index (χ0v) is 11.3. The van der Waals surface area contributed by atoms with E-state index in [0.29, 0.717) is 6.54 Å². The molecule has 0 spiro atoms. The summed E-state index contributed by atoms with van der Waals surface area (Å²) in [4.78, 5) is 3.75. The Morgan fingerprint density at radius 2 is 2.24 bits per heavy atom. The lowest BCUT2D eigenvalue weighted by molar-refractivity contribution is 0.528. The van der Waals surface area contributed by atoms with E-state index in [9.17, 15) is 8.42 Å². The van der Waals surface area contributed by atoms with Crippen LogP contribution >= 0.6 is 11.6 Å². The normalized spacial score (nSPS) is 13.6. The number of rotatable bonds is 5. The summed E-state index contributed by atoms with van der Waals surface area (Å²) in [6.07, 6.45) is 2.10. The Balaban J connectivity index is 2.86. The SMILES string of the molecule is CCC(C)CNS(=O)(=O)c1cnc(N)c(Cl)c1. The number of nitrogens with two attached hydrogens (primary N) is 1. The van der Waals surface area contributed by atoms with E-state index in [2.05, 4.69) is 9.71 Å². The van der Waals surface area contributed by atoms with E-state index in [0.717, 1.165) is 6.42 Å². The molecule has 0 aliphatic carbocycles. The van der Waals surface area contributed by atoms with Crippen LogP contribution in [-0.4, -0.2) is 19.9 Å². The van der Waals surface area contributed by atoms with Gasteiger partial charge < -0.3 is 5.73 Å². The molecule has 0 saturated heterocycles. The molecule has 1 rings (SSSR count). The molecule has 1 heterocycles. The number of sulfonamides is 1. The van der Waals surface area contributed by atoms with Gasteiger partial charge in [0.25, 0.3) is 0 Å². The first-order valence-corrected chi connectivity index (χ1v) is 7.13. The highest BCUT2D eigenvalue weighted by molar-refractivity contribution is 7.89. The molecule has 1 unspecified atom stereocenters. The summed E-state index contributed by atoms with van der Waals surface area (Å²) in [6, 6.07) is 1.29. The third-order valence-electron chi connectivity index (χ3n) is 2.47. The van der Waals surface area contributed by atoms with Crippen LogP contribution in [0, 0.1) is 5.92 Å². The third kappa shape index (κ3) is 3.83. The maximum atomic E-state index is 11.9. The molecule has 3 N–H and O–H groups in total. The van der Waals surface area contributed by atoms with Gasteiger partial charge in [0.05, 0.1) is 5.02 Å². The Morgan fingerprint density at radius 3 is 2.76 bits per heavy atom. The Bertz CT molecular complexity index is 490. The molecule has 0 fully saturated rings. The third-order valence-corrected chi connectivity index (χ3v) is 4.17. The van der Waals surface area contributed by atoms with Crippen molar-refractivity contribution in [1.82, 2.24) is 9.71 Å². The Morgan fingerprint density at radius 1 is 1.59 bits per heavy atom. The van der Waals surface area contributed by atoms with Gasteiger partial charge >= 0.3 is 0 Å². The van der Waals surface area contributed by atoms with Gasteiger partial charge in [0.1, 0.15) is 10.7 Å². The second kappa shape index (κ2) is 5.66. The Hall–Kier alpha value is -0.850. The number of halogens is 1. The lowest BCUT2D eigenvalue weighted by Crippen LogP contribution is -2.28. The van der Waals surface area contributed by atoms with E-state index >= 15 is 0 Å². The monoisotopic (exact) mass is 277 g/mol. The van der Waals surface area contributed by atoms with Crippen molar-refractivity contribution >= 4 is 27.4 Å². The minimum Gasteiger partial charge on any atom is -0.382 e. The molecule has 0 aliphatic rings. The topological polar surface area (TPSA) is 85.1 Å². The van der Waals surface area contributed by atoms with Crippen molar-refractivity contribution in [1.29, 1.82) is 0 Å². The van der Waals surface area contributed by atoms with Gasteiger partial charge in [-0.25, -0.2) is 18.1 Å². The molecular formula is C10H16ClN3O2S. The predicted molar refractivity (Wildman–Crippen MR) is 68.3 cm³/mol. The van der Waals surface area contributed by atoms with Crippen molar-refractivity contribution in [3.63, 3.8) is 0 Å². The summed E-state index contributed by atoms with van der Waals surface area (Å²) in [6.45, 7) is 4.36. The zero-order chi connectivity index (χ0) is 13.1. The van der Waals surface area contributed by atoms with Gasteiger partial charge in [-0.05, 0) is 12.0 Å². The Labute approximate surface area is 106 Å². The molecule has 7 heteroatoms. The number of hydrogen-bond donors (Lipinski definition) is 2. The average Bonchev–Trinajstić information content (AvgIpc) is 2.29.